The molecule has 3 heteroatoms. The van der Waals surface area contributed by atoms with E-state index in [4.69, 9.17) is 4.74 Å². The first kappa shape index (κ1) is 11.2. The minimum absolute atomic E-state index is 0.315. The van der Waals surface area contributed by atoms with E-state index in [1.807, 2.05) is 0 Å². The summed E-state index contributed by atoms with van der Waals surface area (Å²) >= 11 is 0. The molecule has 0 bridgehead atoms. The molecule has 18 heavy (non-hydrogen) atoms. The van der Waals surface area contributed by atoms with E-state index in [0.29, 0.717) is 28.9 Å². The van der Waals surface area contributed by atoms with Gasteiger partial charge in [-0.15, -0.1) is 0 Å². The lowest BCUT2D eigenvalue weighted by atomic mass is 10.0. The van der Waals surface area contributed by atoms with Gasteiger partial charge in [-0.3, -0.25) is 0 Å². The number of esters is 1. The van der Waals surface area contributed by atoms with Crippen molar-refractivity contribution < 1.29 is 13.9 Å². The summed E-state index contributed by atoms with van der Waals surface area (Å²) < 4.78 is 18.8. The highest BCUT2D eigenvalue weighted by atomic mass is 19.1. The molecule has 0 atom stereocenters. The predicted octanol–water partition coefficient (Wildman–Crippen LogP) is 3.55. The Kier molecular flexibility index (Phi) is 2.74. The second kappa shape index (κ2) is 4.41. The van der Waals surface area contributed by atoms with E-state index in [1.165, 1.54) is 12.1 Å². The lowest BCUT2D eigenvalue weighted by Crippen LogP contribution is -2.08. The molecule has 0 aliphatic heterocycles. The number of halogens is 1. The van der Waals surface area contributed by atoms with Crippen LogP contribution < -0.4 is 0 Å². The maximum atomic E-state index is 13.6. The molecule has 1 aliphatic rings. The molecule has 2 aromatic rings. The van der Waals surface area contributed by atoms with E-state index in [9.17, 15) is 9.18 Å². The van der Waals surface area contributed by atoms with Gasteiger partial charge in [0.15, 0.2) is 0 Å². The molecule has 0 unspecified atom stereocenters. The summed E-state index contributed by atoms with van der Waals surface area (Å²) in [5, 5.41) is 1.07. The molecule has 0 N–H and O–H groups in total. The first-order valence-electron chi connectivity index (χ1n) is 6.10. The Morgan fingerprint density at radius 2 is 1.89 bits per heavy atom. The van der Waals surface area contributed by atoms with E-state index < -0.39 is 0 Å². The highest BCUT2D eigenvalue weighted by Crippen LogP contribution is 2.29. The quantitative estimate of drug-likeness (QED) is 0.772. The molecule has 1 saturated carbocycles. The minimum atomic E-state index is -0.363. The van der Waals surface area contributed by atoms with Gasteiger partial charge >= 0.3 is 5.97 Å². The van der Waals surface area contributed by atoms with E-state index in [2.05, 4.69) is 0 Å². The molecule has 0 radical (unpaired) electrons. The number of carbonyl (C=O) groups excluding carboxylic acids is 1. The summed E-state index contributed by atoms with van der Waals surface area (Å²) in [7, 11) is 0. The van der Waals surface area contributed by atoms with Crippen molar-refractivity contribution in [2.24, 2.45) is 5.92 Å². The molecule has 1 aliphatic carbocycles. The third kappa shape index (κ3) is 2.08. The monoisotopic (exact) mass is 244 g/mol. The first-order valence-corrected chi connectivity index (χ1v) is 6.10. The van der Waals surface area contributed by atoms with Crippen molar-refractivity contribution in [2.45, 2.75) is 12.8 Å². The zero-order valence-electron chi connectivity index (χ0n) is 9.86. The van der Waals surface area contributed by atoms with Crippen molar-refractivity contribution in [3.8, 4) is 0 Å². The van der Waals surface area contributed by atoms with Crippen molar-refractivity contribution in [1.29, 1.82) is 0 Å². The second-order valence-electron chi connectivity index (χ2n) is 4.68. The fraction of sp³-hybridized carbons (Fsp3) is 0.267. The Morgan fingerprint density at radius 1 is 1.17 bits per heavy atom. The summed E-state index contributed by atoms with van der Waals surface area (Å²) in [5.41, 5.74) is 0.438. The number of ether oxygens (including phenoxy) is 1. The molecule has 0 saturated heterocycles. The minimum Gasteiger partial charge on any atom is -0.462 e. The average molecular weight is 244 g/mol. The molecule has 92 valence electrons. The Balaban J connectivity index is 1.95. The number of benzene rings is 2. The number of carbonyl (C=O) groups is 1. The smallest absolute Gasteiger partial charge is 0.338 e. The molecule has 0 spiro atoms. The normalized spacial score (nSPS) is 14.7. The van der Waals surface area contributed by atoms with Crippen LogP contribution in [-0.4, -0.2) is 12.6 Å². The molecule has 3 rings (SSSR count). The van der Waals surface area contributed by atoms with E-state index >= 15 is 0 Å². The van der Waals surface area contributed by atoms with Gasteiger partial charge in [-0.25, -0.2) is 9.18 Å². The summed E-state index contributed by atoms with van der Waals surface area (Å²) in [6.45, 7) is 0.477. The number of fused-ring (bicyclic) bond motifs is 1. The fourth-order valence-corrected chi connectivity index (χ4v) is 2.00. The van der Waals surface area contributed by atoms with Crippen LogP contribution in [-0.2, 0) is 4.74 Å². The molecule has 2 nitrogen and oxygen atoms in total. The topological polar surface area (TPSA) is 26.3 Å². The zero-order chi connectivity index (χ0) is 12.5. The molecule has 0 amide bonds. The maximum Gasteiger partial charge on any atom is 0.338 e. The van der Waals surface area contributed by atoms with Crippen LogP contribution in [0.3, 0.4) is 0 Å². The van der Waals surface area contributed by atoms with Crippen molar-refractivity contribution in [2.75, 3.05) is 6.61 Å². The van der Waals surface area contributed by atoms with E-state index in [1.54, 1.807) is 24.3 Å². The van der Waals surface area contributed by atoms with Crippen molar-refractivity contribution in [1.82, 2.24) is 0 Å². The number of hydrogen-bond donors (Lipinski definition) is 0. The molecular weight excluding hydrogens is 231 g/mol. The van der Waals surface area contributed by atoms with Gasteiger partial charge in [-0.2, -0.15) is 0 Å². The van der Waals surface area contributed by atoms with Crippen LogP contribution >= 0.6 is 0 Å². The predicted molar refractivity (Wildman–Crippen MR) is 66.9 cm³/mol. The van der Waals surface area contributed by atoms with Gasteiger partial charge in [-0.05, 0) is 36.3 Å². The third-order valence-electron chi connectivity index (χ3n) is 3.24. The number of hydrogen-bond acceptors (Lipinski definition) is 2. The Hall–Kier alpha value is -1.90. The van der Waals surface area contributed by atoms with Gasteiger partial charge in [0.1, 0.15) is 5.82 Å². The van der Waals surface area contributed by atoms with Crippen LogP contribution in [0.2, 0.25) is 0 Å². The van der Waals surface area contributed by atoms with Crippen LogP contribution in [0.4, 0.5) is 4.39 Å². The maximum absolute atomic E-state index is 13.6. The van der Waals surface area contributed by atoms with E-state index in [0.717, 1.165) is 12.8 Å². The van der Waals surface area contributed by atoms with Crippen LogP contribution in [0.15, 0.2) is 36.4 Å². The van der Waals surface area contributed by atoms with E-state index in [-0.39, 0.29) is 11.8 Å². The lowest BCUT2D eigenvalue weighted by Gasteiger charge is -2.07. The van der Waals surface area contributed by atoms with Gasteiger partial charge in [0.05, 0.1) is 12.2 Å². The third-order valence-corrected chi connectivity index (χ3v) is 3.24. The van der Waals surface area contributed by atoms with Gasteiger partial charge in [0.25, 0.3) is 0 Å². The summed E-state index contributed by atoms with van der Waals surface area (Å²) in [6.07, 6.45) is 2.27. The molecule has 0 aromatic heterocycles. The van der Waals surface area contributed by atoms with Gasteiger partial charge in [0.2, 0.25) is 0 Å². The summed E-state index contributed by atoms with van der Waals surface area (Å²) in [5.74, 6) is -0.150. The fourth-order valence-electron chi connectivity index (χ4n) is 2.00. The summed E-state index contributed by atoms with van der Waals surface area (Å²) in [6, 6.07) is 9.77. The highest BCUT2D eigenvalue weighted by molar-refractivity contribution is 6.04. The first-order chi connectivity index (χ1) is 8.75. The zero-order valence-corrected chi connectivity index (χ0v) is 9.86. The lowest BCUT2D eigenvalue weighted by molar-refractivity contribution is 0.0488. The molecule has 2 aromatic carbocycles. The Labute approximate surface area is 104 Å². The van der Waals surface area contributed by atoms with Crippen molar-refractivity contribution in [3.63, 3.8) is 0 Å². The molecular formula is C15H13FO2. The van der Waals surface area contributed by atoms with Gasteiger partial charge in [-0.1, -0.05) is 24.3 Å². The Bertz CT molecular complexity index is 602. The van der Waals surface area contributed by atoms with Crippen molar-refractivity contribution in [3.05, 3.63) is 47.8 Å². The molecule has 0 heterocycles. The highest BCUT2D eigenvalue weighted by Gasteiger charge is 2.24. The van der Waals surface area contributed by atoms with Gasteiger partial charge < -0.3 is 4.74 Å². The largest absolute Gasteiger partial charge is 0.462 e. The second-order valence-corrected chi connectivity index (χ2v) is 4.68. The number of rotatable bonds is 3. The van der Waals surface area contributed by atoms with Crippen LogP contribution in [0.25, 0.3) is 10.8 Å². The van der Waals surface area contributed by atoms with Crippen LogP contribution in [0.5, 0.6) is 0 Å². The standard InChI is InChI=1S/C15H13FO2/c16-14-8-7-13(11-3-1-2-4-12(11)14)15(17)18-9-10-5-6-10/h1-4,7-8,10H,5-6,9H2. The SMILES string of the molecule is O=C(OCC1CC1)c1ccc(F)c2ccccc12. The van der Waals surface area contributed by atoms with Crippen LogP contribution in [0.1, 0.15) is 23.2 Å². The average Bonchev–Trinajstić information content (AvgIpc) is 3.21. The van der Waals surface area contributed by atoms with Crippen LogP contribution in [0, 0.1) is 11.7 Å². The summed E-state index contributed by atoms with van der Waals surface area (Å²) in [4.78, 5) is 12.0. The molecule has 1 fully saturated rings. The van der Waals surface area contributed by atoms with Crippen molar-refractivity contribution >= 4 is 16.7 Å². The Morgan fingerprint density at radius 3 is 2.61 bits per heavy atom. The van der Waals surface area contributed by atoms with Gasteiger partial charge in [0, 0.05) is 5.39 Å².